The van der Waals surface area contributed by atoms with Crippen LogP contribution in [0.4, 0.5) is 0 Å². The number of rotatable bonds is 2. The molecule has 2 rings (SSSR count). The second-order valence-electron chi connectivity index (χ2n) is 2.87. The van der Waals surface area contributed by atoms with Crippen molar-refractivity contribution in [3.8, 4) is 5.69 Å². The Morgan fingerprint density at radius 1 is 1.29 bits per heavy atom. The Bertz CT molecular complexity index is 661. The van der Waals surface area contributed by atoms with Crippen molar-refractivity contribution in [1.82, 2.24) is 20.2 Å². The quantitative estimate of drug-likeness (QED) is 0.363. The second kappa shape index (κ2) is 5.38. The molecule has 17 heavy (non-hydrogen) atoms. The van der Waals surface area contributed by atoms with Crippen molar-refractivity contribution in [2.75, 3.05) is 0 Å². The first-order chi connectivity index (χ1) is 7.48. The summed E-state index contributed by atoms with van der Waals surface area (Å²) in [5.74, 6) is 0. The van der Waals surface area contributed by atoms with Crippen LogP contribution in [0.25, 0.3) is 5.69 Å². The van der Waals surface area contributed by atoms with E-state index in [1.54, 1.807) is 0 Å². The molecule has 1 aromatic heterocycles. The molecule has 0 unspecified atom stereocenters. The molecular formula is C7H5N4NaO3S2. The van der Waals surface area contributed by atoms with Crippen LogP contribution in [0.2, 0.25) is 0 Å². The number of tetrazole rings is 1. The fourth-order valence-corrected chi connectivity index (χ4v) is 1.78. The first-order valence-electron chi connectivity index (χ1n) is 4.05. The van der Waals surface area contributed by atoms with Gasteiger partial charge < -0.3 is 4.55 Å². The Morgan fingerprint density at radius 2 is 1.88 bits per heavy atom. The fraction of sp³-hybridized carbons (Fsp3) is 0. The van der Waals surface area contributed by atoms with Gasteiger partial charge in [0.15, 0.2) is 0 Å². The van der Waals surface area contributed by atoms with Gasteiger partial charge in [-0.2, -0.15) is 5.21 Å². The molecule has 0 aliphatic rings. The molecule has 1 N–H and O–H groups in total. The second-order valence-corrected chi connectivity index (χ2v) is 4.61. The van der Waals surface area contributed by atoms with Crippen molar-refractivity contribution in [3.63, 3.8) is 0 Å². The van der Waals surface area contributed by atoms with Gasteiger partial charge in [-0.25, -0.2) is 13.1 Å². The fourth-order valence-electron chi connectivity index (χ4n) is 1.13. The van der Waals surface area contributed by atoms with E-state index in [0.717, 1.165) is 0 Å². The predicted molar refractivity (Wildman–Crippen MR) is 54.5 cm³/mol. The third kappa shape index (κ3) is 3.21. The largest absolute Gasteiger partial charge is 1.00 e. The molecule has 0 saturated carbocycles. The van der Waals surface area contributed by atoms with E-state index in [2.05, 4.69) is 15.5 Å². The molecule has 0 spiro atoms. The Morgan fingerprint density at radius 3 is 2.29 bits per heavy atom. The molecule has 0 fully saturated rings. The van der Waals surface area contributed by atoms with E-state index in [0.29, 0.717) is 5.69 Å². The number of H-pyrrole nitrogens is 1. The average Bonchev–Trinajstić information content (AvgIpc) is 2.63. The van der Waals surface area contributed by atoms with Gasteiger partial charge in [-0.05, 0) is 36.5 Å². The number of benzene rings is 1. The van der Waals surface area contributed by atoms with Gasteiger partial charge >= 0.3 is 29.6 Å². The van der Waals surface area contributed by atoms with Crippen LogP contribution in [0.5, 0.6) is 0 Å². The number of aromatic amines is 1. The minimum Gasteiger partial charge on any atom is -0.744 e. The summed E-state index contributed by atoms with van der Waals surface area (Å²) < 4.78 is 33.6. The van der Waals surface area contributed by atoms with Gasteiger partial charge in [0.2, 0.25) is 4.77 Å². The normalized spacial score (nSPS) is 10.9. The van der Waals surface area contributed by atoms with Crippen LogP contribution < -0.4 is 29.6 Å². The van der Waals surface area contributed by atoms with E-state index in [4.69, 9.17) is 12.2 Å². The van der Waals surface area contributed by atoms with E-state index >= 15 is 0 Å². The number of nitrogens with one attached hydrogen (secondary N) is 1. The summed E-state index contributed by atoms with van der Waals surface area (Å²) in [5.41, 5.74) is 0.544. The SMILES string of the molecule is O=S(=O)([O-])c1ccc(-n2[nH]nnc2=S)cc1.[Na+]. The topological polar surface area (TPSA) is 104 Å². The summed E-state index contributed by atoms with van der Waals surface area (Å²) >= 11 is 4.85. The summed E-state index contributed by atoms with van der Waals surface area (Å²) in [6, 6.07) is 5.25. The molecule has 0 aliphatic carbocycles. The van der Waals surface area contributed by atoms with E-state index in [1.807, 2.05) is 0 Å². The van der Waals surface area contributed by atoms with Crippen LogP contribution in [0.1, 0.15) is 0 Å². The zero-order valence-corrected chi connectivity index (χ0v) is 12.3. The van der Waals surface area contributed by atoms with E-state index in [9.17, 15) is 13.0 Å². The first kappa shape index (κ1) is 14.5. The first-order valence-corrected chi connectivity index (χ1v) is 5.86. The van der Waals surface area contributed by atoms with Gasteiger partial charge in [0, 0.05) is 0 Å². The van der Waals surface area contributed by atoms with Gasteiger partial charge in [0.05, 0.1) is 10.6 Å². The molecule has 7 nitrogen and oxygen atoms in total. The Balaban J connectivity index is 0.00000144. The summed E-state index contributed by atoms with van der Waals surface area (Å²) in [6.07, 6.45) is 0. The zero-order valence-electron chi connectivity index (χ0n) is 8.69. The van der Waals surface area contributed by atoms with Crippen LogP contribution in [-0.4, -0.2) is 33.2 Å². The monoisotopic (exact) mass is 280 g/mol. The standard InChI is InChI=1S/C7H6N4O3S2.Na/c12-16(13,14)6-3-1-5(2-4-6)11-7(15)8-9-10-11;/h1-4H,(H,8,10,15)(H,12,13,14);/q;+1/p-1. The van der Waals surface area contributed by atoms with Crippen molar-refractivity contribution in [1.29, 1.82) is 0 Å². The predicted octanol–water partition coefficient (Wildman–Crippen LogP) is -2.77. The molecule has 1 aromatic carbocycles. The Hall–Kier alpha value is -0.580. The molecule has 0 radical (unpaired) electrons. The van der Waals surface area contributed by atoms with Gasteiger partial charge in [0.1, 0.15) is 10.1 Å². The van der Waals surface area contributed by atoms with Gasteiger partial charge in [-0.3, -0.25) is 0 Å². The maximum Gasteiger partial charge on any atom is 1.00 e. The average molecular weight is 280 g/mol. The number of hydrogen-bond acceptors (Lipinski definition) is 6. The molecule has 0 atom stereocenters. The molecular weight excluding hydrogens is 275 g/mol. The van der Waals surface area contributed by atoms with Crippen molar-refractivity contribution < 1.29 is 42.5 Å². The van der Waals surface area contributed by atoms with Crippen LogP contribution in [0.15, 0.2) is 29.2 Å². The van der Waals surface area contributed by atoms with Crippen molar-refractivity contribution in [3.05, 3.63) is 29.0 Å². The molecule has 0 saturated heterocycles. The maximum absolute atomic E-state index is 10.7. The van der Waals surface area contributed by atoms with Crippen molar-refractivity contribution >= 4 is 22.3 Å². The van der Waals surface area contributed by atoms with Crippen LogP contribution in [-0.2, 0) is 10.1 Å². The molecule has 0 bridgehead atoms. The van der Waals surface area contributed by atoms with Gasteiger partial charge in [-0.1, -0.05) is 10.3 Å². The third-order valence-electron chi connectivity index (χ3n) is 1.86. The molecule has 0 aliphatic heterocycles. The summed E-state index contributed by atoms with van der Waals surface area (Å²) in [4.78, 5) is -0.296. The molecule has 84 valence electrons. The Labute approximate surface area is 124 Å². The van der Waals surface area contributed by atoms with Crippen LogP contribution in [0, 0.1) is 4.77 Å². The van der Waals surface area contributed by atoms with Crippen LogP contribution in [0.3, 0.4) is 0 Å². The molecule has 2 aromatic rings. The minimum atomic E-state index is -4.43. The summed E-state index contributed by atoms with van der Waals surface area (Å²) in [5, 5.41) is 9.53. The number of hydrogen-bond donors (Lipinski definition) is 1. The smallest absolute Gasteiger partial charge is 0.744 e. The number of nitrogens with zero attached hydrogens (tertiary/aromatic N) is 3. The van der Waals surface area contributed by atoms with Crippen molar-refractivity contribution in [2.45, 2.75) is 4.90 Å². The summed E-state index contributed by atoms with van der Waals surface area (Å²) in [6.45, 7) is 0. The van der Waals surface area contributed by atoms with E-state index < -0.39 is 10.1 Å². The van der Waals surface area contributed by atoms with E-state index in [-0.39, 0.29) is 39.2 Å². The maximum atomic E-state index is 10.7. The van der Waals surface area contributed by atoms with Crippen molar-refractivity contribution in [2.24, 2.45) is 0 Å². The minimum absolute atomic E-state index is 0. The summed E-state index contributed by atoms with van der Waals surface area (Å²) in [7, 11) is -4.43. The van der Waals surface area contributed by atoms with Gasteiger partial charge in [-0.15, -0.1) is 0 Å². The Kier molecular flexibility index (Phi) is 4.58. The third-order valence-corrected chi connectivity index (χ3v) is 2.97. The molecule has 0 amide bonds. The molecule has 10 heteroatoms. The molecule has 1 heterocycles. The van der Waals surface area contributed by atoms with Gasteiger partial charge in [0.25, 0.3) is 0 Å². The zero-order chi connectivity index (χ0) is 11.8. The van der Waals surface area contributed by atoms with Crippen LogP contribution >= 0.6 is 12.2 Å². The number of aromatic nitrogens is 4. The van der Waals surface area contributed by atoms with E-state index in [1.165, 1.54) is 28.9 Å².